The van der Waals surface area contributed by atoms with Crippen molar-refractivity contribution in [3.8, 4) is 0 Å². The summed E-state index contributed by atoms with van der Waals surface area (Å²) in [5, 5.41) is 44.0. The van der Waals surface area contributed by atoms with Crippen LogP contribution in [0, 0.1) is 0 Å². The minimum Gasteiger partial charge on any atom is -0.481 e. The zero-order chi connectivity index (χ0) is 14.3. The van der Waals surface area contributed by atoms with Gasteiger partial charge in [0, 0.05) is 6.42 Å². The van der Waals surface area contributed by atoms with E-state index in [1.807, 2.05) is 6.92 Å². The van der Waals surface area contributed by atoms with Gasteiger partial charge in [-0.05, 0) is 6.42 Å². The van der Waals surface area contributed by atoms with Gasteiger partial charge in [-0.15, -0.1) is 0 Å². The Balaban J connectivity index is 0.000000411. The highest BCUT2D eigenvalue weighted by atomic mass is 16.6. The average Bonchev–Trinajstić information content (AvgIpc) is 2.32. The van der Waals surface area contributed by atoms with E-state index in [1.165, 1.54) is 0 Å². The van der Waals surface area contributed by atoms with Gasteiger partial charge in [-0.3, -0.25) is 4.79 Å². The minimum absolute atomic E-state index is 0.292. The summed E-state index contributed by atoms with van der Waals surface area (Å²) >= 11 is 0. The molecule has 0 aromatic carbocycles. The van der Waals surface area contributed by atoms with E-state index in [0.29, 0.717) is 6.42 Å². The monoisotopic (exact) mass is 267 g/mol. The predicted molar refractivity (Wildman–Crippen MR) is 60.5 cm³/mol. The second kappa shape index (κ2) is 8.35. The number of hydrogen-bond acceptors (Lipinski definition) is 7. The van der Waals surface area contributed by atoms with Crippen LogP contribution in [0.1, 0.15) is 19.8 Å². The SMILES string of the molecule is CCCC(=O)O.N[C@@H]1[C@@H](O)[C@H](O)[C@@H](CO)O[C@H]1O. The zero-order valence-electron chi connectivity index (χ0n) is 10.1. The minimum atomic E-state index is -1.35. The lowest BCUT2D eigenvalue weighted by atomic mass is 9.98. The van der Waals surface area contributed by atoms with Gasteiger partial charge < -0.3 is 36.0 Å². The molecule has 0 bridgehead atoms. The number of carboxylic acid groups (broad SMARTS) is 1. The Bertz CT molecular complexity index is 246. The molecule has 7 N–H and O–H groups in total. The third-order valence-corrected chi connectivity index (χ3v) is 2.41. The predicted octanol–water partition coefficient (Wildman–Crippen LogP) is -2.38. The van der Waals surface area contributed by atoms with Crippen molar-refractivity contribution in [3.63, 3.8) is 0 Å². The lowest BCUT2D eigenvalue weighted by Gasteiger charge is -2.38. The molecule has 1 aliphatic rings. The maximum absolute atomic E-state index is 9.60. The number of aliphatic hydroxyl groups excluding tert-OH is 4. The van der Waals surface area contributed by atoms with E-state index in [9.17, 15) is 15.0 Å². The normalized spacial score (nSPS) is 35.6. The first kappa shape index (κ1) is 17.2. The molecule has 0 radical (unpaired) electrons. The second-order valence-electron chi connectivity index (χ2n) is 3.95. The van der Waals surface area contributed by atoms with Crippen LogP contribution in [0.25, 0.3) is 0 Å². The van der Waals surface area contributed by atoms with Crippen LogP contribution in [-0.4, -0.2) is 68.8 Å². The van der Waals surface area contributed by atoms with E-state index in [-0.39, 0.29) is 0 Å². The summed E-state index contributed by atoms with van der Waals surface area (Å²) in [6.45, 7) is 1.37. The van der Waals surface area contributed by atoms with Gasteiger partial charge in [-0.2, -0.15) is 0 Å². The van der Waals surface area contributed by atoms with Crippen LogP contribution in [0.4, 0.5) is 0 Å². The third kappa shape index (κ3) is 5.25. The largest absolute Gasteiger partial charge is 0.481 e. The van der Waals surface area contributed by atoms with Crippen molar-refractivity contribution < 1.29 is 35.1 Å². The van der Waals surface area contributed by atoms with Crippen LogP contribution in [-0.2, 0) is 9.53 Å². The summed E-state index contributed by atoms with van der Waals surface area (Å²) in [5.41, 5.74) is 5.26. The molecule has 0 amide bonds. The highest BCUT2D eigenvalue weighted by Gasteiger charge is 2.41. The van der Waals surface area contributed by atoms with E-state index in [2.05, 4.69) is 0 Å². The Kier molecular flexibility index (Phi) is 8.00. The van der Waals surface area contributed by atoms with Gasteiger partial charge in [0.15, 0.2) is 6.29 Å². The summed E-state index contributed by atoms with van der Waals surface area (Å²) in [4.78, 5) is 9.60. The van der Waals surface area contributed by atoms with Crippen molar-refractivity contribution in [2.75, 3.05) is 6.61 Å². The van der Waals surface area contributed by atoms with Crippen LogP contribution in [0.15, 0.2) is 0 Å². The van der Waals surface area contributed by atoms with Gasteiger partial charge in [0.2, 0.25) is 0 Å². The smallest absolute Gasteiger partial charge is 0.303 e. The van der Waals surface area contributed by atoms with Gasteiger partial charge in [-0.1, -0.05) is 6.92 Å². The molecule has 1 rings (SSSR count). The van der Waals surface area contributed by atoms with E-state index in [0.717, 1.165) is 6.42 Å². The van der Waals surface area contributed by atoms with Crippen LogP contribution >= 0.6 is 0 Å². The number of nitrogens with two attached hydrogens (primary N) is 1. The highest BCUT2D eigenvalue weighted by molar-refractivity contribution is 5.66. The standard InChI is InChI=1S/C6H13NO5.C4H8O2/c7-3-5(10)4(9)2(1-8)12-6(3)11;1-2-3-4(5)6/h2-6,8-11H,1,7H2;2-3H2,1H3,(H,5,6)/t2-,3-,4-,5-,6-;/m1./s1. The molecule has 5 atom stereocenters. The number of aliphatic carboxylic acids is 1. The van der Waals surface area contributed by atoms with Gasteiger partial charge in [0.25, 0.3) is 0 Å². The Morgan fingerprint density at radius 2 is 1.83 bits per heavy atom. The van der Waals surface area contributed by atoms with E-state index >= 15 is 0 Å². The summed E-state index contributed by atoms with van der Waals surface area (Å²) in [7, 11) is 0. The van der Waals surface area contributed by atoms with Crippen molar-refractivity contribution in [2.45, 2.75) is 50.4 Å². The number of rotatable bonds is 3. The van der Waals surface area contributed by atoms with E-state index in [1.54, 1.807) is 0 Å². The first-order valence-electron chi connectivity index (χ1n) is 5.63. The summed E-state index contributed by atoms with van der Waals surface area (Å²) in [6.07, 6.45) is -3.83. The lowest BCUT2D eigenvalue weighted by molar-refractivity contribution is -0.248. The van der Waals surface area contributed by atoms with Gasteiger partial charge in [-0.25, -0.2) is 0 Å². The number of carbonyl (C=O) groups is 1. The Hall–Kier alpha value is -0.770. The molecule has 18 heavy (non-hydrogen) atoms. The molecule has 1 saturated heterocycles. The molecule has 0 saturated carbocycles. The van der Waals surface area contributed by atoms with Crippen molar-refractivity contribution in [1.82, 2.24) is 0 Å². The van der Waals surface area contributed by atoms with Crippen molar-refractivity contribution in [1.29, 1.82) is 0 Å². The van der Waals surface area contributed by atoms with Gasteiger partial charge >= 0.3 is 5.97 Å². The Labute approximate surface area is 105 Å². The topological polar surface area (TPSA) is 153 Å². The summed E-state index contributed by atoms with van der Waals surface area (Å²) in [6, 6.07) is -1.04. The molecule has 108 valence electrons. The summed E-state index contributed by atoms with van der Waals surface area (Å²) in [5.74, 6) is -0.711. The molecule has 1 aliphatic heterocycles. The average molecular weight is 267 g/mol. The second-order valence-corrected chi connectivity index (χ2v) is 3.95. The molecule has 8 heteroatoms. The Morgan fingerprint density at radius 1 is 1.28 bits per heavy atom. The van der Waals surface area contributed by atoms with Gasteiger partial charge in [0.05, 0.1) is 12.6 Å². The molecule has 8 nitrogen and oxygen atoms in total. The van der Waals surface area contributed by atoms with Crippen LogP contribution < -0.4 is 5.73 Å². The molecule has 0 aliphatic carbocycles. The molecule has 1 heterocycles. The van der Waals surface area contributed by atoms with Crippen LogP contribution in [0.3, 0.4) is 0 Å². The summed E-state index contributed by atoms with van der Waals surface area (Å²) < 4.78 is 4.70. The fourth-order valence-electron chi connectivity index (χ4n) is 1.33. The molecular formula is C10H21NO7. The van der Waals surface area contributed by atoms with E-state index < -0.39 is 43.2 Å². The quantitative estimate of drug-likeness (QED) is 0.331. The number of carboxylic acids is 1. The molecule has 0 aromatic rings. The van der Waals surface area contributed by atoms with Crippen molar-refractivity contribution in [3.05, 3.63) is 0 Å². The van der Waals surface area contributed by atoms with Crippen LogP contribution in [0.2, 0.25) is 0 Å². The molecule has 0 aromatic heterocycles. The lowest BCUT2D eigenvalue weighted by Crippen LogP contribution is -2.61. The van der Waals surface area contributed by atoms with E-state index in [4.69, 9.17) is 25.8 Å². The zero-order valence-corrected chi connectivity index (χ0v) is 10.1. The maximum Gasteiger partial charge on any atom is 0.303 e. The third-order valence-electron chi connectivity index (χ3n) is 2.41. The van der Waals surface area contributed by atoms with Crippen molar-refractivity contribution in [2.24, 2.45) is 5.73 Å². The van der Waals surface area contributed by atoms with Crippen LogP contribution in [0.5, 0.6) is 0 Å². The number of hydrogen-bond donors (Lipinski definition) is 6. The van der Waals surface area contributed by atoms with Gasteiger partial charge in [0.1, 0.15) is 18.3 Å². The first-order valence-corrected chi connectivity index (χ1v) is 5.63. The molecule has 0 unspecified atom stereocenters. The first-order chi connectivity index (χ1) is 8.34. The highest BCUT2D eigenvalue weighted by Crippen LogP contribution is 2.17. The molecule has 1 fully saturated rings. The Morgan fingerprint density at radius 3 is 2.17 bits per heavy atom. The maximum atomic E-state index is 9.60. The number of aliphatic hydroxyl groups is 4. The fraction of sp³-hybridized carbons (Fsp3) is 0.900. The molecule has 0 spiro atoms. The molecular weight excluding hydrogens is 246 g/mol. The van der Waals surface area contributed by atoms with Crippen molar-refractivity contribution >= 4 is 5.97 Å². The fourth-order valence-corrected chi connectivity index (χ4v) is 1.33. The number of ether oxygens (including phenoxy) is 1.